The number of aromatic nitrogens is 3. The van der Waals surface area contributed by atoms with E-state index in [-0.39, 0.29) is 11.8 Å². The Labute approximate surface area is 139 Å². The van der Waals surface area contributed by atoms with Crippen molar-refractivity contribution in [1.29, 1.82) is 0 Å². The molecule has 3 rings (SSSR count). The van der Waals surface area contributed by atoms with Crippen LogP contribution in [0.4, 0.5) is 13.2 Å². The molecule has 0 unspecified atom stereocenters. The molecule has 124 valence electrons. The van der Waals surface area contributed by atoms with Crippen LogP contribution in [-0.4, -0.2) is 27.9 Å². The fourth-order valence-electron chi connectivity index (χ4n) is 1.80. The highest BCUT2D eigenvalue weighted by Crippen LogP contribution is 2.24. The van der Waals surface area contributed by atoms with Crippen LogP contribution in [0.1, 0.15) is 0 Å². The Morgan fingerprint density at radius 2 is 1.75 bits per heavy atom. The van der Waals surface area contributed by atoms with Gasteiger partial charge in [0, 0.05) is 22.8 Å². The van der Waals surface area contributed by atoms with Crippen LogP contribution in [0.2, 0.25) is 5.02 Å². The third-order valence-corrected chi connectivity index (χ3v) is 3.15. The SMILES string of the molecule is FC(F)(F)COc1ccc(-c2nc(-c3ccc(Cl)cc3)no2)cn1. The van der Waals surface area contributed by atoms with Gasteiger partial charge in [0.25, 0.3) is 5.89 Å². The Bertz CT molecular complexity index is 817. The Kier molecular flexibility index (Phi) is 4.39. The summed E-state index contributed by atoms with van der Waals surface area (Å²) in [5, 5.41) is 4.43. The maximum absolute atomic E-state index is 12.1. The number of benzene rings is 1. The summed E-state index contributed by atoms with van der Waals surface area (Å²) >= 11 is 5.81. The summed E-state index contributed by atoms with van der Waals surface area (Å²) in [5.41, 5.74) is 1.18. The first-order valence-corrected chi connectivity index (χ1v) is 7.04. The lowest BCUT2D eigenvalue weighted by Gasteiger charge is -2.07. The molecule has 0 radical (unpaired) electrons. The third kappa shape index (κ3) is 4.02. The largest absolute Gasteiger partial charge is 0.468 e. The smallest absolute Gasteiger partial charge is 0.422 e. The van der Waals surface area contributed by atoms with Crippen molar-refractivity contribution >= 4 is 11.6 Å². The third-order valence-electron chi connectivity index (χ3n) is 2.90. The summed E-state index contributed by atoms with van der Waals surface area (Å²) < 4.78 is 45.9. The molecule has 1 aromatic carbocycles. The van der Waals surface area contributed by atoms with E-state index in [0.29, 0.717) is 22.0 Å². The lowest BCUT2D eigenvalue weighted by Crippen LogP contribution is -2.19. The zero-order valence-corrected chi connectivity index (χ0v) is 12.7. The van der Waals surface area contributed by atoms with Crippen LogP contribution in [0.15, 0.2) is 47.1 Å². The van der Waals surface area contributed by atoms with Crippen molar-refractivity contribution in [2.75, 3.05) is 6.61 Å². The maximum atomic E-state index is 12.1. The van der Waals surface area contributed by atoms with Gasteiger partial charge in [-0.1, -0.05) is 16.8 Å². The quantitative estimate of drug-likeness (QED) is 0.694. The number of pyridine rings is 1. The molecule has 0 spiro atoms. The molecule has 0 saturated carbocycles. The van der Waals surface area contributed by atoms with Gasteiger partial charge in [0.1, 0.15) is 0 Å². The molecule has 0 atom stereocenters. The fraction of sp³-hybridized carbons (Fsp3) is 0.133. The van der Waals surface area contributed by atoms with E-state index in [2.05, 4.69) is 19.9 Å². The van der Waals surface area contributed by atoms with Gasteiger partial charge in [0.05, 0.1) is 5.56 Å². The van der Waals surface area contributed by atoms with Crippen LogP contribution in [-0.2, 0) is 0 Å². The number of hydrogen-bond donors (Lipinski definition) is 0. The van der Waals surface area contributed by atoms with Crippen molar-refractivity contribution < 1.29 is 22.4 Å². The van der Waals surface area contributed by atoms with E-state index in [1.165, 1.54) is 18.3 Å². The summed E-state index contributed by atoms with van der Waals surface area (Å²) in [6.07, 6.45) is -3.12. The van der Waals surface area contributed by atoms with Crippen molar-refractivity contribution in [3.63, 3.8) is 0 Å². The molecule has 9 heteroatoms. The highest BCUT2D eigenvalue weighted by atomic mass is 35.5. The predicted octanol–water partition coefficient (Wildman–Crippen LogP) is 4.39. The van der Waals surface area contributed by atoms with E-state index in [1.54, 1.807) is 24.3 Å². The highest BCUT2D eigenvalue weighted by Gasteiger charge is 2.28. The van der Waals surface area contributed by atoms with Crippen LogP contribution in [0.3, 0.4) is 0 Å². The number of halogens is 4. The van der Waals surface area contributed by atoms with Crippen LogP contribution < -0.4 is 4.74 Å². The molecule has 3 aromatic rings. The minimum absolute atomic E-state index is 0.145. The monoisotopic (exact) mass is 355 g/mol. The van der Waals surface area contributed by atoms with Crippen molar-refractivity contribution in [2.24, 2.45) is 0 Å². The van der Waals surface area contributed by atoms with Gasteiger partial charge in [-0.3, -0.25) is 0 Å². The fourth-order valence-corrected chi connectivity index (χ4v) is 1.93. The average molecular weight is 356 g/mol. The zero-order chi connectivity index (χ0) is 17.2. The molecule has 0 aliphatic carbocycles. The molecular formula is C15H9ClF3N3O2. The van der Waals surface area contributed by atoms with Gasteiger partial charge in [0.2, 0.25) is 11.7 Å². The van der Waals surface area contributed by atoms with Crippen molar-refractivity contribution in [2.45, 2.75) is 6.18 Å². The number of nitrogens with zero attached hydrogens (tertiary/aromatic N) is 3. The topological polar surface area (TPSA) is 61.0 Å². The van der Waals surface area contributed by atoms with Gasteiger partial charge in [-0.25, -0.2) is 4.98 Å². The lowest BCUT2D eigenvalue weighted by molar-refractivity contribution is -0.154. The van der Waals surface area contributed by atoms with Crippen LogP contribution in [0, 0.1) is 0 Å². The molecule has 0 aliphatic rings. The minimum atomic E-state index is -4.42. The molecule has 2 aromatic heterocycles. The molecule has 2 heterocycles. The molecular weight excluding hydrogens is 347 g/mol. The second-order valence-electron chi connectivity index (χ2n) is 4.72. The standard InChI is InChI=1S/C15H9ClF3N3O2/c16-11-4-1-9(2-5-11)13-21-14(24-22-13)10-3-6-12(20-7-10)23-8-15(17,18)19/h1-7H,8H2. The maximum Gasteiger partial charge on any atom is 0.422 e. The first kappa shape index (κ1) is 16.3. The molecule has 0 fully saturated rings. The van der Waals surface area contributed by atoms with E-state index in [4.69, 9.17) is 16.1 Å². The average Bonchev–Trinajstić information content (AvgIpc) is 3.03. The van der Waals surface area contributed by atoms with Crippen molar-refractivity contribution in [1.82, 2.24) is 15.1 Å². The summed E-state index contributed by atoms with van der Waals surface area (Å²) in [5.74, 6) is 0.405. The van der Waals surface area contributed by atoms with E-state index in [9.17, 15) is 13.2 Å². The van der Waals surface area contributed by atoms with E-state index in [1.807, 2.05) is 0 Å². The molecule has 5 nitrogen and oxygen atoms in total. The molecule has 0 N–H and O–H groups in total. The Hall–Kier alpha value is -2.61. The van der Waals surface area contributed by atoms with E-state index >= 15 is 0 Å². The number of alkyl halides is 3. The van der Waals surface area contributed by atoms with Gasteiger partial charge >= 0.3 is 6.18 Å². The summed E-state index contributed by atoms with van der Waals surface area (Å²) in [6.45, 7) is -1.40. The highest BCUT2D eigenvalue weighted by molar-refractivity contribution is 6.30. The Morgan fingerprint density at radius 1 is 1.04 bits per heavy atom. The molecule has 0 amide bonds. The van der Waals surface area contributed by atoms with Crippen LogP contribution in [0.5, 0.6) is 5.88 Å². The molecule has 0 aliphatic heterocycles. The Morgan fingerprint density at radius 3 is 2.38 bits per heavy atom. The van der Waals surface area contributed by atoms with E-state index in [0.717, 1.165) is 0 Å². The van der Waals surface area contributed by atoms with Gasteiger partial charge < -0.3 is 9.26 Å². The van der Waals surface area contributed by atoms with E-state index < -0.39 is 12.8 Å². The van der Waals surface area contributed by atoms with Gasteiger partial charge in [-0.2, -0.15) is 18.2 Å². The normalized spacial score (nSPS) is 11.5. The van der Waals surface area contributed by atoms with Gasteiger partial charge in [-0.05, 0) is 30.3 Å². The lowest BCUT2D eigenvalue weighted by atomic mass is 10.2. The van der Waals surface area contributed by atoms with Crippen LogP contribution >= 0.6 is 11.6 Å². The number of rotatable bonds is 4. The number of ether oxygens (including phenoxy) is 1. The predicted molar refractivity (Wildman–Crippen MR) is 79.5 cm³/mol. The second-order valence-corrected chi connectivity index (χ2v) is 5.16. The minimum Gasteiger partial charge on any atom is -0.468 e. The Balaban J connectivity index is 1.74. The van der Waals surface area contributed by atoms with Crippen molar-refractivity contribution in [3.05, 3.63) is 47.6 Å². The van der Waals surface area contributed by atoms with Crippen LogP contribution in [0.25, 0.3) is 22.8 Å². The van der Waals surface area contributed by atoms with Crippen molar-refractivity contribution in [3.8, 4) is 28.7 Å². The van der Waals surface area contributed by atoms with Gasteiger partial charge in [-0.15, -0.1) is 0 Å². The molecule has 0 bridgehead atoms. The summed E-state index contributed by atoms with van der Waals surface area (Å²) in [4.78, 5) is 8.00. The van der Waals surface area contributed by atoms with Gasteiger partial charge in [0.15, 0.2) is 6.61 Å². The molecule has 0 saturated heterocycles. The first-order valence-electron chi connectivity index (χ1n) is 6.66. The summed E-state index contributed by atoms with van der Waals surface area (Å²) in [7, 11) is 0. The zero-order valence-electron chi connectivity index (χ0n) is 11.9. The number of hydrogen-bond acceptors (Lipinski definition) is 5. The summed E-state index contributed by atoms with van der Waals surface area (Å²) in [6, 6.07) is 9.65. The first-order chi connectivity index (χ1) is 11.4. The second kappa shape index (κ2) is 6.48. The molecule has 24 heavy (non-hydrogen) atoms.